The summed E-state index contributed by atoms with van der Waals surface area (Å²) in [6.07, 6.45) is 1.55. The van der Waals surface area contributed by atoms with Crippen molar-refractivity contribution in [2.24, 2.45) is 0 Å². The topological polar surface area (TPSA) is 114 Å². The lowest BCUT2D eigenvalue weighted by molar-refractivity contribution is -0.127. The minimum absolute atomic E-state index is 0.178. The van der Waals surface area contributed by atoms with Gasteiger partial charge in [0.1, 0.15) is 6.54 Å². The van der Waals surface area contributed by atoms with E-state index in [2.05, 4.69) is 24.5 Å². The van der Waals surface area contributed by atoms with E-state index in [4.69, 9.17) is 9.47 Å². The molecule has 3 aromatic rings. The van der Waals surface area contributed by atoms with E-state index in [0.717, 1.165) is 27.8 Å². The van der Waals surface area contributed by atoms with Crippen LogP contribution in [0.3, 0.4) is 0 Å². The van der Waals surface area contributed by atoms with E-state index in [0.29, 0.717) is 34.4 Å². The van der Waals surface area contributed by atoms with E-state index >= 15 is 0 Å². The van der Waals surface area contributed by atoms with Gasteiger partial charge in [-0.05, 0) is 77.7 Å². The van der Waals surface area contributed by atoms with Crippen molar-refractivity contribution in [2.45, 2.75) is 26.7 Å². The van der Waals surface area contributed by atoms with Gasteiger partial charge in [-0.3, -0.25) is 24.1 Å². The number of imide groups is 1. The Morgan fingerprint density at radius 3 is 2.37 bits per heavy atom. The van der Waals surface area contributed by atoms with Crippen molar-refractivity contribution in [3.05, 3.63) is 88.3 Å². The second-order valence-electron chi connectivity index (χ2n) is 9.65. The van der Waals surface area contributed by atoms with Gasteiger partial charge in [-0.1, -0.05) is 50.2 Å². The van der Waals surface area contributed by atoms with Gasteiger partial charge in [0, 0.05) is 11.4 Å². The molecule has 0 atom stereocenters. The van der Waals surface area contributed by atoms with E-state index in [1.54, 1.807) is 36.4 Å². The first-order valence-corrected chi connectivity index (χ1v) is 13.8. The maximum absolute atomic E-state index is 12.9. The zero-order chi connectivity index (χ0) is 29.5. The van der Waals surface area contributed by atoms with Crippen LogP contribution < -0.4 is 20.1 Å². The highest BCUT2D eigenvalue weighted by atomic mass is 32.2. The highest BCUT2D eigenvalue weighted by Crippen LogP contribution is 2.34. The quantitative estimate of drug-likeness (QED) is 0.294. The number of rotatable bonds is 10. The monoisotopic (exact) mass is 573 g/mol. The number of hydrogen-bond donors (Lipinski definition) is 2. The largest absolute Gasteiger partial charge is 0.493 e. The van der Waals surface area contributed by atoms with Crippen molar-refractivity contribution in [3.8, 4) is 11.5 Å². The number of benzene rings is 3. The molecule has 9 nitrogen and oxygen atoms in total. The molecule has 0 saturated carbocycles. The van der Waals surface area contributed by atoms with E-state index in [1.807, 2.05) is 43.3 Å². The number of anilines is 2. The summed E-state index contributed by atoms with van der Waals surface area (Å²) < 4.78 is 11.1. The van der Waals surface area contributed by atoms with Crippen LogP contribution in [0.25, 0.3) is 6.08 Å². The average molecular weight is 574 g/mol. The predicted molar refractivity (Wildman–Crippen MR) is 160 cm³/mol. The van der Waals surface area contributed by atoms with Crippen molar-refractivity contribution < 1.29 is 28.7 Å². The van der Waals surface area contributed by atoms with Gasteiger partial charge >= 0.3 is 0 Å². The SMILES string of the molecule is COc1cc(/C=C2\SC(=O)N(CC(=O)Nc3ccc(C(C)C)cc3)C2=O)ccc1OCC(=O)Nc1ccccc1C. The molecule has 0 spiro atoms. The molecule has 1 saturated heterocycles. The molecule has 0 unspecified atom stereocenters. The molecule has 41 heavy (non-hydrogen) atoms. The summed E-state index contributed by atoms with van der Waals surface area (Å²) in [7, 11) is 1.46. The fraction of sp³-hybridized carbons (Fsp3) is 0.226. The summed E-state index contributed by atoms with van der Waals surface area (Å²) in [5.74, 6) is -0.296. The van der Waals surface area contributed by atoms with Gasteiger partial charge in [-0.15, -0.1) is 0 Å². The number of nitrogens with one attached hydrogen (secondary N) is 2. The Kier molecular flexibility index (Phi) is 9.46. The standard InChI is InChI=1S/C31H31N3O6S/c1-19(2)22-10-12-23(13-11-22)32-28(35)17-34-30(37)27(41-31(34)38)16-21-9-14-25(26(15-21)39-4)40-18-29(36)33-24-8-6-5-7-20(24)3/h5-16,19H,17-18H2,1-4H3,(H,32,35)(H,33,36)/b27-16-. The van der Waals surface area contributed by atoms with E-state index in [1.165, 1.54) is 7.11 Å². The summed E-state index contributed by atoms with van der Waals surface area (Å²) in [6, 6.07) is 19.8. The van der Waals surface area contributed by atoms with Crippen molar-refractivity contribution in [1.82, 2.24) is 4.90 Å². The second kappa shape index (κ2) is 13.2. The summed E-state index contributed by atoms with van der Waals surface area (Å²) in [5, 5.41) is 5.00. The van der Waals surface area contributed by atoms with Crippen LogP contribution >= 0.6 is 11.8 Å². The first-order chi connectivity index (χ1) is 19.6. The summed E-state index contributed by atoms with van der Waals surface area (Å²) >= 11 is 0.757. The van der Waals surface area contributed by atoms with Crippen molar-refractivity contribution in [3.63, 3.8) is 0 Å². The van der Waals surface area contributed by atoms with Crippen molar-refractivity contribution in [2.75, 3.05) is 30.9 Å². The summed E-state index contributed by atoms with van der Waals surface area (Å²) in [6.45, 7) is 5.43. The fourth-order valence-electron chi connectivity index (χ4n) is 4.02. The number of carbonyl (C=O) groups is 4. The lowest BCUT2D eigenvalue weighted by Crippen LogP contribution is -2.36. The third kappa shape index (κ3) is 7.55. The highest BCUT2D eigenvalue weighted by molar-refractivity contribution is 8.18. The maximum Gasteiger partial charge on any atom is 0.294 e. The Morgan fingerprint density at radius 2 is 1.68 bits per heavy atom. The van der Waals surface area contributed by atoms with Gasteiger partial charge in [-0.25, -0.2) is 0 Å². The Bertz CT molecular complexity index is 1500. The minimum Gasteiger partial charge on any atom is -0.493 e. The number of methoxy groups -OCH3 is 1. The second-order valence-corrected chi connectivity index (χ2v) is 10.6. The molecule has 2 N–H and O–H groups in total. The van der Waals surface area contributed by atoms with E-state index < -0.39 is 23.6 Å². The molecule has 10 heteroatoms. The molecule has 0 bridgehead atoms. The third-order valence-corrected chi connectivity index (χ3v) is 7.21. The fourth-order valence-corrected chi connectivity index (χ4v) is 4.86. The number of carbonyl (C=O) groups excluding carboxylic acids is 4. The number of amides is 4. The Labute approximate surface area is 242 Å². The number of ether oxygens (including phenoxy) is 2. The Hall–Kier alpha value is -4.57. The van der Waals surface area contributed by atoms with E-state index in [-0.39, 0.29) is 17.4 Å². The van der Waals surface area contributed by atoms with Crippen molar-refractivity contribution in [1.29, 1.82) is 0 Å². The van der Waals surface area contributed by atoms with Gasteiger partial charge in [0.2, 0.25) is 5.91 Å². The molecule has 0 radical (unpaired) electrons. The van der Waals surface area contributed by atoms with Gasteiger partial charge in [0.05, 0.1) is 12.0 Å². The van der Waals surface area contributed by atoms with Gasteiger partial charge < -0.3 is 20.1 Å². The van der Waals surface area contributed by atoms with Crippen LogP contribution in [0.4, 0.5) is 16.2 Å². The summed E-state index contributed by atoms with van der Waals surface area (Å²) in [4.78, 5) is 51.5. The molecule has 3 aromatic carbocycles. The first-order valence-electron chi connectivity index (χ1n) is 13.0. The first kappa shape index (κ1) is 29.4. The predicted octanol–water partition coefficient (Wildman–Crippen LogP) is 5.82. The zero-order valence-corrected chi connectivity index (χ0v) is 24.0. The molecule has 212 valence electrons. The minimum atomic E-state index is -0.558. The van der Waals surface area contributed by atoms with Crippen LogP contribution in [0.5, 0.6) is 11.5 Å². The van der Waals surface area contributed by atoms with Crippen LogP contribution in [0.2, 0.25) is 0 Å². The smallest absolute Gasteiger partial charge is 0.294 e. The van der Waals surface area contributed by atoms with Crippen molar-refractivity contribution >= 4 is 52.2 Å². The van der Waals surface area contributed by atoms with Gasteiger partial charge in [0.15, 0.2) is 18.1 Å². The number of nitrogens with zero attached hydrogens (tertiary/aromatic N) is 1. The van der Waals surface area contributed by atoms with Crippen LogP contribution in [0.1, 0.15) is 36.5 Å². The summed E-state index contributed by atoms with van der Waals surface area (Å²) in [5.41, 5.74) is 3.95. The molecule has 4 rings (SSSR count). The van der Waals surface area contributed by atoms with Gasteiger partial charge in [-0.2, -0.15) is 0 Å². The number of thioether (sulfide) groups is 1. The normalized spacial score (nSPS) is 14.0. The molecular weight excluding hydrogens is 542 g/mol. The number of hydrogen-bond acceptors (Lipinski definition) is 7. The molecule has 0 aliphatic carbocycles. The van der Waals surface area contributed by atoms with Crippen LogP contribution in [0.15, 0.2) is 71.6 Å². The van der Waals surface area contributed by atoms with Gasteiger partial charge in [0.25, 0.3) is 17.1 Å². The Balaban J connectivity index is 1.37. The molecular formula is C31H31N3O6S. The third-order valence-electron chi connectivity index (χ3n) is 6.30. The Morgan fingerprint density at radius 1 is 0.951 bits per heavy atom. The molecule has 1 heterocycles. The highest BCUT2D eigenvalue weighted by Gasteiger charge is 2.36. The lowest BCUT2D eigenvalue weighted by Gasteiger charge is -2.13. The lowest BCUT2D eigenvalue weighted by atomic mass is 10.0. The molecule has 1 aliphatic heterocycles. The molecule has 1 fully saturated rings. The number of aryl methyl sites for hydroxylation is 1. The molecule has 4 amide bonds. The van der Waals surface area contributed by atoms with E-state index in [9.17, 15) is 19.2 Å². The molecule has 0 aromatic heterocycles. The maximum atomic E-state index is 12.9. The number of para-hydroxylation sites is 1. The van der Waals surface area contributed by atoms with Crippen LogP contribution in [-0.2, 0) is 14.4 Å². The molecule has 1 aliphatic rings. The van der Waals surface area contributed by atoms with Crippen LogP contribution in [0, 0.1) is 6.92 Å². The van der Waals surface area contributed by atoms with Crippen LogP contribution in [-0.4, -0.2) is 48.1 Å². The average Bonchev–Trinajstić information content (AvgIpc) is 3.20. The zero-order valence-electron chi connectivity index (χ0n) is 23.2.